The van der Waals surface area contributed by atoms with Gasteiger partial charge in [-0.25, -0.2) is 10.2 Å². The second-order valence-electron chi connectivity index (χ2n) is 7.48. The molecule has 1 aromatic heterocycles. The molecule has 3 rings (SSSR count). The number of rotatable bonds is 4. The third-order valence-corrected chi connectivity index (χ3v) is 4.62. The fourth-order valence-electron chi connectivity index (χ4n) is 3.33. The lowest BCUT2D eigenvalue weighted by molar-refractivity contribution is -0.384. The number of carbonyl (C=O) groups is 2. The SMILES string of the molecule is Cc1c(C(=O)O)oc2c1/C(=N/NC(=O)c1ccc([N+](=O)[O-])cc1)CC(C)(C)C2. The first-order valence-electron chi connectivity index (χ1n) is 8.56. The van der Waals surface area contributed by atoms with Crippen LogP contribution in [0.25, 0.3) is 0 Å². The van der Waals surface area contributed by atoms with Crippen molar-refractivity contribution in [2.45, 2.75) is 33.6 Å². The van der Waals surface area contributed by atoms with Gasteiger partial charge in [-0.2, -0.15) is 5.10 Å². The van der Waals surface area contributed by atoms with E-state index in [1.54, 1.807) is 6.92 Å². The molecule has 0 unspecified atom stereocenters. The second-order valence-corrected chi connectivity index (χ2v) is 7.48. The number of nitrogens with zero attached hydrogens (tertiary/aromatic N) is 2. The fraction of sp³-hybridized carbons (Fsp3) is 0.316. The van der Waals surface area contributed by atoms with E-state index in [0.29, 0.717) is 35.4 Å². The predicted octanol–water partition coefficient (Wildman–Crippen LogP) is 3.30. The summed E-state index contributed by atoms with van der Waals surface area (Å²) < 4.78 is 5.53. The van der Waals surface area contributed by atoms with Crippen molar-refractivity contribution >= 4 is 23.3 Å². The maximum Gasteiger partial charge on any atom is 0.372 e. The minimum absolute atomic E-state index is 0.114. The highest BCUT2D eigenvalue weighted by Gasteiger charge is 2.36. The molecule has 146 valence electrons. The third-order valence-electron chi connectivity index (χ3n) is 4.62. The van der Waals surface area contributed by atoms with Crippen LogP contribution < -0.4 is 5.43 Å². The quantitative estimate of drug-likeness (QED) is 0.612. The average molecular weight is 385 g/mol. The highest BCUT2D eigenvalue weighted by Crippen LogP contribution is 2.38. The van der Waals surface area contributed by atoms with Gasteiger partial charge in [-0.05, 0) is 30.9 Å². The zero-order valence-corrected chi connectivity index (χ0v) is 15.6. The summed E-state index contributed by atoms with van der Waals surface area (Å²) in [6.07, 6.45) is 1.09. The number of amides is 1. The van der Waals surface area contributed by atoms with Crippen LogP contribution in [-0.2, 0) is 6.42 Å². The van der Waals surface area contributed by atoms with Crippen molar-refractivity contribution in [3.63, 3.8) is 0 Å². The molecule has 0 saturated heterocycles. The molecule has 0 spiro atoms. The summed E-state index contributed by atoms with van der Waals surface area (Å²) in [6.45, 7) is 5.65. The molecule has 1 aliphatic carbocycles. The van der Waals surface area contributed by atoms with Crippen LogP contribution in [0.3, 0.4) is 0 Å². The number of nitro benzene ring substituents is 1. The molecule has 1 amide bonds. The van der Waals surface area contributed by atoms with E-state index in [1.165, 1.54) is 24.3 Å². The highest BCUT2D eigenvalue weighted by molar-refractivity contribution is 6.07. The van der Waals surface area contributed by atoms with Crippen molar-refractivity contribution in [1.82, 2.24) is 5.43 Å². The van der Waals surface area contributed by atoms with E-state index in [2.05, 4.69) is 10.5 Å². The van der Waals surface area contributed by atoms with Gasteiger partial charge in [0.05, 0.1) is 10.6 Å². The number of nitro groups is 1. The summed E-state index contributed by atoms with van der Waals surface area (Å²) in [5.74, 6) is -1.27. The van der Waals surface area contributed by atoms with Gasteiger partial charge in [0, 0.05) is 35.2 Å². The number of nitrogens with one attached hydrogen (secondary N) is 1. The Morgan fingerprint density at radius 1 is 1.25 bits per heavy atom. The first kappa shape index (κ1) is 19.3. The molecular weight excluding hydrogens is 366 g/mol. The van der Waals surface area contributed by atoms with Gasteiger partial charge in [0.1, 0.15) is 5.76 Å². The van der Waals surface area contributed by atoms with Crippen LogP contribution in [0, 0.1) is 22.5 Å². The Balaban J connectivity index is 1.90. The van der Waals surface area contributed by atoms with Crippen LogP contribution in [0.5, 0.6) is 0 Å². The molecule has 1 heterocycles. The summed E-state index contributed by atoms with van der Waals surface area (Å²) in [5, 5.41) is 24.2. The van der Waals surface area contributed by atoms with E-state index in [0.717, 1.165) is 0 Å². The maximum absolute atomic E-state index is 12.3. The summed E-state index contributed by atoms with van der Waals surface area (Å²) in [4.78, 5) is 33.9. The van der Waals surface area contributed by atoms with E-state index in [9.17, 15) is 24.8 Å². The third kappa shape index (κ3) is 3.64. The van der Waals surface area contributed by atoms with Crippen molar-refractivity contribution < 1.29 is 24.0 Å². The molecule has 1 aromatic carbocycles. The summed E-state index contributed by atoms with van der Waals surface area (Å²) in [7, 11) is 0. The molecule has 2 N–H and O–H groups in total. The summed E-state index contributed by atoms with van der Waals surface area (Å²) >= 11 is 0. The molecule has 0 fully saturated rings. The number of benzene rings is 1. The highest BCUT2D eigenvalue weighted by atomic mass is 16.6. The van der Waals surface area contributed by atoms with E-state index in [-0.39, 0.29) is 22.4 Å². The predicted molar refractivity (Wildman–Crippen MR) is 99.6 cm³/mol. The molecule has 0 radical (unpaired) electrons. The van der Waals surface area contributed by atoms with E-state index < -0.39 is 16.8 Å². The standard InChI is InChI=1S/C19H19N3O6/c1-10-15-13(8-19(2,3)9-14(15)28-16(10)18(24)25)20-21-17(23)11-4-6-12(7-5-11)22(26)27/h4-7H,8-9H2,1-3H3,(H,21,23)(H,24,25)/b20-13+. The molecule has 1 aliphatic rings. The molecule has 2 aromatic rings. The van der Waals surface area contributed by atoms with Gasteiger partial charge in [0.15, 0.2) is 0 Å². The number of hydrogen-bond acceptors (Lipinski definition) is 6. The van der Waals surface area contributed by atoms with Crippen LogP contribution in [0.1, 0.15) is 58.1 Å². The van der Waals surface area contributed by atoms with Crippen LogP contribution in [0.2, 0.25) is 0 Å². The lowest BCUT2D eigenvalue weighted by Crippen LogP contribution is -2.29. The number of furan rings is 1. The number of fused-ring (bicyclic) bond motifs is 1. The molecule has 0 aliphatic heterocycles. The first-order chi connectivity index (χ1) is 13.1. The van der Waals surface area contributed by atoms with Crippen molar-refractivity contribution in [2.24, 2.45) is 10.5 Å². The molecule has 0 atom stereocenters. The lowest BCUT2D eigenvalue weighted by Gasteiger charge is -2.29. The lowest BCUT2D eigenvalue weighted by atomic mass is 9.75. The van der Waals surface area contributed by atoms with Gasteiger partial charge in [-0.1, -0.05) is 13.8 Å². The minimum atomic E-state index is -1.15. The number of carboxylic acids is 1. The molecule has 9 heteroatoms. The van der Waals surface area contributed by atoms with Gasteiger partial charge < -0.3 is 9.52 Å². The number of aromatic carboxylic acids is 1. The second kappa shape index (κ2) is 6.91. The molecule has 0 bridgehead atoms. The van der Waals surface area contributed by atoms with Crippen LogP contribution in [-0.4, -0.2) is 27.6 Å². The van der Waals surface area contributed by atoms with Crippen LogP contribution in [0.15, 0.2) is 33.8 Å². The first-order valence-corrected chi connectivity index (χ1v) is 8.56. The number of hydrogen-bond donors (Lipinski definition) is 2. The summed E-state index contributed by atoms with van der Waals surface area (Å²) in [6, 6.07) is 5.16. The van der Waals surface area contributed by atoms with Gasteiger partial charge in [-0.15, -0.1) is 0 Å². The monoisotopic (exact) mass is 385 g/mol. The normalized spacial score (nSPS) is 16.5. The van der Waals surface area contributed by atoms with E-state index in [4.69, 9.17) is 4.42 Å². The summed E-state index contributed by atoms with van der Waals surface area (Å²) in [5.41, 5.74) is 3.96. The Hall–Kier alpha value is -3.49. The van der Waals surface area contributed by atoms with Crippen LogP contribution in [0.4, 0.5) is 5.69 Å². The fourth-order valence-corrected chi connectivity index (χ4v) is 3.33. The van der Waals surface area contributed by atoms with Gasteiger partial charge in [0.2, 0.25) is 5.76 Å². The minimum Gasteiger partial charge on any atom is -0.475 e. The Labute approximate surface area is 160 Å². The van der Waals surface area contributed by atoms with Crippen LogP contribution >= 0.6 is 0 Å². The topological polar surface area (TPSA) is 135 Å². The Kier molecular flexibility index (Phi) is 4.76. The van der Waals surface area contributed by atoms with Crippen molar-refractivity contribution in [1.29, 1.82) is 0 Å². The zero-order chi connectivity index (χ0) is 20.6. The average Bonchev–Trinajstić information content (AvgIpc) is 2.95. The number of carbonyl (C=O) groups excluding carboxylic acids is 1. The van der Waals surface area contributed by atoms with Crippen molar-refractivity contribution in [3.8, 4) is 0 Å². The maximum atomic E-state index is 12.3. The van der Waals surface area contributed by atoms with Crippen molar-refractivity contribution in [2.75, 3.05) is 0 Å². The number of hydrazone groups is 1. The largest absolute Gasteiger partial charge is 0.475 e. The number of non-ortho nitro benzene ring substituents is 1. The van der Waals surface area contributed by atoms with Gasteiger partial charge >= 0.3 is 5.97 Å². The molecular formula is C19H19N3O6. The van der Waals surface area contributed by atoms with E-state index >= 15 is 0 Å². The molecule has 28 heavy (non-hydrogen) atoms. The Bertz CT molecular complexity index is 1000. The molecule has 9 nitrogen and oxygen atoms in total. The molecule has 0 saturated carbocycles. The Morgan fingerprint density at radius 3 is 2.46 bits per heavy atom. The Morgan fingerprint density at radius 2 is 1.89 bits per heavy atom. The smallest absolute Gasteiger partial charge is 0.372 e. The van der Waals surface area contributed by atoms with Gasteiger partial charge in [-0.3, -0.25) is 14.9 Å². The zero-order valence-electron chi connectivity index (χ0n) is 15.6. The van der Waals surface area contributed by atoms with Gasteiger partial charge in [0.25, 0.3) is 11.6 Å². The number of carboxylic acid groups (broad SMARTS) is 1. The van der Waals surface area contributed by atoms with Crippen molar-refractivity contribution in [3.05, 3.63) is 62.6 Å². The van der Waals surface area contributed by atoms with E-state index in [1.807, 2.05) is 13.8 Å².